The number of nitrogens with one attached hydrogen (secondary N) is 2. The van der Waals surface area contributed by atoms with Crippen LogP contribution >= 0.6 is 11.6 Å². The molecule has 0 unspecified atom stereocenters. The highest BCUT2D eigenvalue weighted by Crippen LogP contribution is 2.19. The van der Waals surface area contributed by atoms with Crippen LogP contribution in [0.1, 0.15) is 18.9 Å². The van der Waals surface area contributed by atoms with Gasteiger partial charge < -0.3 is 10.6 Å². The maximum atomic E-state index is 5.93. The fourth-order valence-corrected chi connectivity index (χ4v) is 1.57. The molecule has 1 aromatic rings. The number of aryl methyl sites for hydroxylation is 1. The molecule has 1 aromatic carbocycles. The van der Waals surface area contributed by atoms with Crippen LogP contribution in [-0.2, 0) is 0 Å². The molecule has 0 spiro atoms. The Morgan fingerprint density at radius 2 is 2.07 bits per heavy atom. The lowest BCUT2D eigenvalue weighted by atomic mass is 10.2. The maximum Gasteiger partial charge on any atom is 0.0426 e. The molecule has 0 aliphatic carbocycles. The number of hydrogen-bond donors (Lipinski definition) is 2. The van der Waals surface area contributed by atoms with Crippen molar-refractivity contribution in [1.82, 2.24) is 5.32 Å². The summed E-state index contributed by atoms with van der Waals surface area (Å²) in [4.78, 5) is 0. The minimum atomic E-state index is 0.787. The molecule has 2 N–H and O–H groups in total. The zero-order valence-electron chi connectivity index (χ0n) is 9.44. The minimum Gasteiger partial charge on any atom is -0.385 e. The van der Waals surface area contributed by atoms with E-state index in [-0.39, 0.29) is 0 Å². The van der Waals surface area contributed by atoms with Crippen LogP contribution in [0.4, 0.5) is 5.69 Å². The molecule has 0 saturated heterocycles. The van der Waals surface area contributed by atoms with E-state index in [4.69, 9.17) is 11.6 Å². The van der Waals surface area contributed by atoms with Crippen LogP contribution in [0, 0.1) is 6.92 Å². The van der Waals surface area contributed by atoms with Gasteiger partial charge in [-0.1, -0.05) is 24.6 Å². The predicted octanol–water partition coefficient (Wildman–Crippen LogP) is 3.06. The number of anilines is 1. The first-order valence-electron chi connectivity index (χ1n) is 5.44. The van der Waals surface area contributed by atoms with Gasteiger partial charge in [-0.2, -0.15) is 0 Å². The van der Waals surface area contributed by atoms with Gasteiger partial charge in [-0.05, 0) is 44.1 Å². The Hall–Kier alpha value is -0.730. The fraction of sp³-hybridized carbons (Fsp3) is 0.500. The molecule has 0 heterocycles. The Morgan fingerprint density at radius 1 is 1.27 bits per heavy atom. The summed E-state index contributed by atoms with van der Waals surface area (Å²) in [6.45, 7) is 7.28. The normalized spacial score (nSPS) is 10.3. The lowest BCUT2D eigenvalue weighted by Gasteiger charge is -2.09. The Morgan fingerprint density at radius 3 is 2.80 bits per heavy atom. The number of hydrogen-bond acceptors (Lipinski definition) is 2. The van der Waals surface area contributed by atoms with E-state index in [0.29, 0.717) is 0 Å². The third-order valence-corrected chi connectivity index (χ3v) is 2.53. The second-order valence-electron chi connectivity index (χ2n) is 3.59. The lowest BCUT2D eigenvalue weighted by Crippen LogP contribution is -2.17. The second kappa shape index (κ2) is 6.70. The van der Waals surface area contributed by atoms with E-state index in [0.717, 1.165) is 36.8 Å². The van der Waals surface area contributed by atoms with E-state index in [2.05, 4.69) is 24.5 Å². The third kappa shape index (κ3) is 4.54. The van der Waals surface area contributed by atoms with E-state index in [1.165, 1.54) is 5.56 Å². The van der Waals surface area contributed by atoms with Crippen LogP contribution in [0.5, 0.6) is 0 Å². The van der Waals surface area contributed by atoms with Crippen LogP contribution in [0.2, 0.25) is 5.02 Å². The first kappa shape index (κ1) is 12.3. The highest BCUT2D eigenvalue weighted by Gasteiger charge is 1.97. The van der Waals surface area contributed by atoms with Gasteiger partial charge in [0.25, 0.3) is 0 Å². The molecule has 0 aliphatic heterocycles. The summed E-state index contributed by atoms with van der Waals surface area (Å²) in [6.07, 6.45) is 1.12. The Kier molecular flexibility index (Phi) is 5.51. The van der Waals surface area contributed by atoms with Crippen molar-refractivity contribution in [3.05, 3.63) is 28.8 Å². The SMILES string of the molecule is CCNCCCNc1cc(Cl)ccc1C. The molecule has 0 fully saturated rings. The zero-order valence-corrected chi connectivity index (χ0v) is 10.2. The highest BCUT2D eigenvalue weighted by molar-refractivity contribution is 6.30. The molecule has 0 aliphatic rings. The molecule has 0 saturated carbocycles. The Bertz CT molecular complexity index is 300. The summed E-state index contributed by atoms with van der Waals surface area (Å²) in [5, 5.41) is 7.47. The van der Waals surface area contributed by atoms with Crippen LogP contribution < -0.4 is 10.6 Å². The summed E-state index contributed by atoms with van der Waals surface area (Å²) in [5.74, 6) is 0. The molecule has 0 radical (unpaired) electrons. The lowest BCUT2D eigenvalue weighted by molar-refractivity contribution is 0.688. The van der Waals surface area contributed by atoms with Crippen molar-refractivity contribution in [3.63, 3.8) is 0 Å². The molecule has 2 nitrogen and oxygen atoms in total. The van der Waals surface area contributed by atoms with Gasteiger partial charge in [-0.25, -0.2) is 0 Å². The van der Waals surface area contributed by atoms with E-state index in [1.54, 1.807) is 0 Å². The molecular weight excluding hydrogens is 208 g/mol. The number of halogens is 1. The van der Waals surface area contributed by atoms with Crippen molar-refractivity contribution in [1.29, 1.82) is 0 Å². The van der Waals surface area contributed by atoms with Gasteiger partial charge in [0.2, 0.25) is 0 Å². The van der Waals surface area contributed by atoms with Crippen molar-refractivity contribution in [3.8, 4) is 0 Å². The number of benzene rings is 1. The minimum absolute atomic E-state index is 0.787. The van der Waals surface area contributed by atoms with Gasteiger partial charge in [0.05, 0.1) is 0 Å². The third-order valence-electron chi connectivity index (χ3n) is 2.30. The van der Waals surface area contributed by atoms with Crippen LogP contribution in [0.3, 0.4) is 0 Å². The fourth-order valence-electron chi connectivity index (χ4n) is 1.40. The monoisotopic (exact) mass is 226 g/mol. The van der Waals surface area contributed by atoms with Gasteiger partial charge in [0, 0.05) is 17.3 Å². The van der Waals surface area contributed by atoms with Crippen molar-refractivity contribution in [2.75, 3.05) is 25.0 Å². The van der Waals surface area contributed by atoms with E-state index in [1.807, 2.05) is 18.2 Å². The standard InChI is InChI=1S/C12H19ClN2/c1-3-14-7-4-8-15-12-9-11(13)6-5-10(12)2/h5-6,9,14-15H,3-4,7-8H2,1-2H3. The average Bonchev–Trinajstić information content (AvgIpc) is 2.23. The molecule has 0 atom stereocenters. The summed E-state index contributed by atoms with van der Waals surface area (Å²) >= 11 is 5.93. The quantitative estimate of drug-likeness (QED) is 0.729. The van der Waals surface area contributed by atoms with E-state index in [9.17, 15) is 0 Å². The largest absolute Gasteiger partial charge is 0.385 e. The molecule has 3 heteroatoms. The summed E-state index contributed by atoms with van der Waals surface area (Å²) in [6, 6.07) is 5.93. The Labute approximate surface area is 97.0 Å². The summed E-state index contributed by atoms with van der Waals surface area (Å²) in [7, 11) is 0. The van der Waals surface area contributed by atoms with Crippen molar-refractivity contribution in [2.24, 2.45) is 0 Å². The van der Waals surface area contributed by atoms with Gasteiger partial charge in [0.15, 0.2) is 0 Å². The smallest absolute Gasteiger partial charge is 0.0426 e. The molecule has 15 heavy (non-hydrogen) atoms. The molecule has 0 aromatic heterocycles. The predicted molar refractivity (Wildman–Crippen MR) is 67.8 cm³/mol. The average molecular weight is 227 g/mol. The first-order valence-corrected chi connectivity index (χ1v) is 5.82. The van der Waals surface area contributed by atoms with Gasteiger partial charge in [0.1, 0.15) is 0 Å². The van der Waals surface area contributed by atoms with Gasteiger partial charge in [-0.15, -0.1) is 0 Å². The van der Waals surface area contributed by atoms with E-state index < -0.39 is 0 Å². The number of rotatable bonds is 6. The molecule has 0 amide bonds. The molecular formula is C12H19ClN2. The van der Waals surface area contributed by atoms with Crippen LogP contribution in [0.25, 0.3) is 0 Å². The van der Waals surface area contributed by atoms with Crippen LogP contribution in [0.15, 0.2) is 18.2 Å². The topological polar surface area (TPSA) is 24.1 Å². The second-order valence-corrected chi connectivity index (χ2v) is 4.03. The van der Waals surface area contributed by atoms with Crippen molar-refractivity contribution in [2.45, 2.75) is 20.3 Å². The molecule has 0 bridgehead atoms. The van der Waals surface area contributed by atoms with Crippen molar-refractivity contribution < 1.29 is 0 Å². The van der Waals surface area contributed by atoms with Crippen molar-refractivity contribution >= 4 is 17.3 Å². The van der Waals surface area contributed by atoms with E-state index >= 15 is 0 Å². The first-order chi connectivity index (χ1) is 7.24. The Balaban J connectivity index is 2.33. The summed E-state index contributed by atoms with van der Waals surface area (Å²) < 4.78 is 0. The van der Waals surface area contributed by atoms with Gasteiger partial charge >= 0.3 is 0 Å². The van der Waals surface area contributed by atoms with Crippen LogP contribution in [-0.4, -0.2) is 19.6 Å². The van der Waals surface area contributed by atoms with Gasteiger partial charge in [-0.3, -0.25) is 0 Å². The summed E-state index contributed by atoms with van der Waals surface area (Å²) in [5.41, 5.74) is 2.38. The molecule has 84 valence electrons. The molecule has 1 rings (SSSR count). The maximum absolute atomic E-state index is 5.93. The highest BCUT2D eigenvalue weighted by atomic mass is 35.5. The zero-order chi connectivity index (χ0) is 11.1.